The van der Waals surface area contributed by atoms with E-state index in [1.54, 1.807) is 12.3 Å². The van der Waals surface area contributed by atoms with Gasteiger partial charge in [-0.3, -0.25) is 4.79 Å². The number of benzene rings is 1. The minimum absolute atomic E-state index is 0.0364. The quantitative estimate of drug-likeness (QED) is 0.669. The zero-order valence-corrected chi connectivity index (χ0v) is 15.2. The van der Waals surface area contributed by atoms with Gasteiger partial charge in [0.1, 0.15) is 5.65 Å². The van der Waals surface area contributed by atoms with Crippen LogP contribution < -0.4 is 0 Å². The Morgan fingerprint density at radius 1 is 1.22 bits per heavy atom. The normalized spacial score (nSPS) is 16.6. The summed E-state index contributed by atoms with van der Waals surface area (Å²) in [7, 11) is 1.40. The molecule has 1 fully saturated rings. The maximum Gasteiger partial charge on any atom is 0.338 e. The van der Waals surface area contributed by atoms with Crippen molar-refractivity contribution in [2.75, 3.05) is 20.2 Å². The first-order valence-electron chi connectivity index (χ1n) is 9.04. The smallest absolute Gasteiger partial charge is 0.338 e. The molecular weight excluding hydrogens is 342 g/mol. The van der Waals surface area contributed by atoms with Crippen LogP contribution in [0.1, 0.15) is 32.7 Å². The third kappa shape index (κ3) is 3.43. The maximum absolute atomic E-state index is 12.9. The topological polar surface area (TPSA) is 63.9 Å². The summed E-state index contributed by atoms with van der Waals surface area (Å²) in [6.45, 7) is 1.42. The summed E-state index contributed by atoms with van der Waals surface area (Å²) in [5.41, 5.74) is 3.07. The number of amides is 1. The van der Waals surface area contributed by atoms with E-state index in [4.69, 9.17) is 4.74 Å². The van der Waals surface area contributed by atoms with Crippen LogP contribution in [0.25, 0.3) is 5.65 Å². The highest BCUT2D eigenvalue weighted by Gasteiger charge is 2.28. The van der Waals surface area contributed by atoms with Crippen LogP contribution in [0.3, 0.4) is 0 Å². The van der Waals surface area contributed by atoms with Crippen molar-refractivity contribution in [2.45, 2.75) is 12.8 Å². The van der Waals surface area contributed by atoms with Gasteiger partial charge in [-0.15, -0.1) is 0 Å². The van der Waals surface area contributed by atoms with Crippen LogP contribution in [0.15, 0.2) is 55.0 Å². The van der Waals surface area contributed by atoms with Gasteiger partial charge in [0.2, 0.25) is 0 Å². The number of imidazole rings is 1. The Labute approximate surface area is 157 Å². The van der Waals surface area contributed by atoms with Crippen LogP contribution in [-0.2, 0) is 11.2 Å². The number of hydrogen-bond acceptors (Lipinski definition) is 4. The molecule has 2 aromatic heterocycles. The molecule has 0 N–H and O–H groups in total. The van der Waals surface area contributed by atoms with Crippen LogP contribution >= 0.6 is 0 Å². The SMILES string of the molecule is COC(=O)c1ccccc1CC1CCN(C(=O)c2ccc3nccn3c2)C1. The van der Waals surface area contributed by atoms with Gasteiger partial charge >= 0.3 is 5.97 Å². The summed E-state index contributed by atoms with van der Waals surface area (Å²) < 4.78 is 6.73. The molecule has 1 aromatic carbocycles. The largest absolute Gasteiger partial charge is 0.465 e. The average Bonchev–Trinajstić information content (AvgIpc) is 3.36. The van der Waals surface area contributed by atoms with E-state index >= 15 is 0 Å². The standard InChI is InChI=1S/C21H21N3O3/c1-27-21(26)18-5-3-2-4-16(18)12-15-8-10-24(13-15)20(25)17-6-7-19-22-9-11-23(19)14-17/h2-7,9,11,14-15H,8,10,12-13H2,1H3. The molecule has 27 heavy (non-hydrogen) atoms. The summed E-state index contributed by atoms with van der Waals surface area (Å²) in [4.78, 5) is 30.9. The van der Waals surface area contributed by atoms with E-state index in [9.17, 15) is 9.59 Å². The zero-order valence-electron chi connectivity index (χ0n) is 15.2. The molecule has 0 saturated carbocycles. The minimum Gasteiger partial charge on any atom is -0.465 e. The second kappa shape index (κ2) is 7.23. The van der Waals surface area contributed by atoms with Crippen molar-refractivity contribution in [3.63, 3.8) is 0 Å². The Balaban J connectivity index is 1.46. The molecule has 0 bridgehead atoms. The maximum atomic E-state index is 12.9. The molecule has 0 radical (unpaired) electrons. The minimum atomic E-state index is -0.315. The first-order chi connectivity index (χ1) is 13.2. The summed E-state index contributed by atoms with van der Waals surface area (Å²) in [5.74, 6) is 0.0521. The summed E-state index contributed by atoms with van der Waals surface area (Å²) in [6.07, 6.45) is 7.06. The summed E-state index contributed by atoms with van der Waals surface area (Å²) in [6, 6.07) is 11.2. The lowest BCUT2D eigenvalue weighted by molar-refractivity contribution is 0.0598. The van der Waals surface area contributed by atoms with Gasteiger partial charge in [-0.05, 0) is 42.5 Å². The fraction of sp³-hybridized carbons (Fsp3) is 0.286. The summed E-state index contributed by atoms with van der Waals surface area (Å²) in [5, 5.41) is 0. The first-order valence-corrected chi connectivity index (χ1v) is 9.04. The van der Waals surface area contributed by atoms with Crippen LogP contribution in [0, 0.1) is 5.92 Å². The zero-order chi connectivity index (χ0) is 18.8. The van der Waals surface area contributed by atoms with Gasteiger partial charge in [-0.1, -0.05) is 18.2 Å². The Morgan fingerprint density at radius 3 is 2.93 bits per heavy atom. The second-order valence-corrected chi connectivity index (χ2v) is 6.87. The number of esters is 1. The van der Waals surface area contributed by atoms with Crippen LogP contribution in [0.5, 0.6) is 0 Å². The predicted molar refractivity (Wildman–Crippen MR) is 101 cm³/mol. The molecule has 1 aliphatic heterocycles. The molecule has 0 spiro atoms. The van der Waals surface area contributed by atoms with Gasteiger partial charge in [-0.2, -0.15) is 0 Å². The molecule has 1 atom stereocenters. The van der Waals surface area contributed by atoms with E-state index in [0.717, 1.165) is 30.6 Å². The number of fused-ring (bicyclic) bond motifs is 1. The van der Waals surface area contributed by atoms with Gasteiger partial charge in [0.15, 0.2) is 0 Å². The molecule has 1 unspecified atom stereocenters. The molecule has 1 amide bonds. The molecule has 3 heterocycles. The van der Waals surface area contributed by atoms with E-state index in [1.807, 2.05) is 52.0 Å². The van der Waals surface area contributed by atoms with Gasteiger partial charge in [0, 0.05) is 31.7 Å². The van der Waals surface area contributed by atoms with Crippen molar-refractivity contribution >= 4 is 17.5 Å². The monoisotopic (exact) mass is 363 g/mol. The highest BCUT2D eigenvalue weighted by Crippen LogP contribution is 2.24. The van der Waals surface area contributed by atoms with Crippen molar-refractivity contribution in [3.05, 3.63) is 71.7 Å². The lowest BCUT2D eigenvalue weighted by Gasteiger charge is -2.17. The highest BCUT2D eigenvalue weighted by molar-refractivity contribution is 5.94. The third-order valence-corrected chi connectivity index (χ3v) is 5.14. The van der Waals surface area contributed by atoms with Crippen molar-refractivity contribution in [1.82, 2.24) is 14.3 Å². The molecular formula is C21H21N3O3. The predicted octanol–water partition coefficient (Wildman–Crippen LogP) is 2.83. The molecule has 3 aromatic rings. The van der Waals surface area contributed by atoms with Gasteiger partial charge in [0.05, 0.1) is 18.2 Å². The molecule has 1 aliphatic rings. The first kappa shape index (κ1) is 17.3. The number of pyridine rings is 1. The van der Waals surface area contributed by atoms with Gasteiger partial charge in [-0.25, -0.2) is 9.78 Å². The molecule has 0 aliphatic carbocycles. The molecule has 138 valence electrons. The van der Waals surface area contributed by atoms with E-state index in [2.05, 4.69) is 4.98 Å². The van der Waals surface area contributed by atoms with Crippen LogP contribution in [0.4, 0.5) is 0 Å². The molecule has 6 heteroatoms. The Morgan fingerprint density at radius 2 is 2.07 bits per heavy atom. The van der Waals surface area contributed by atoms with Crippen LogP contribution in [-0.4, -0.2) is 46.4 Å². The average molecular weight is 363 g/mol. The number of aromatic nitrogens is 2. The van der Waals surface area contributed by atoms with E-state index in [0.29, 0.717) is 23.6 Å². The van der Waals surface area contributed by atoms with E-state index in [1.165, 1.54) is 7.11 Å². The van der Waals surface area contributed by atoms with Gasteiger partial charge in [0.25, 0.3) is 5.91 Å². The molecule has 1 saturated heterocycles. The Hall–Kier alpha value is -3.15. The van der Waals surface area contributed by atoms with Crippen molar-refractivity contribution in [2.24, 2.45) is 5.92 Å². The number of likely N-dealkylation sites (tertiary alicyclic amines) is 1. The van der Waals surface area contributed by atoms with E-state index < -0.39 is 0 Å². The highest BCUT2D eigenvalue weighted by atomic mass is 16.5. The number of ether oxygens (including phenoxy) is 1. The number of rotatable bonds is 4. The fourth-order valence-corrected chi connectivity index (χ4v) is 3.73. The number of methoxy groups -OCH3 is 1. The third-order valence-electron chi connectivity index (χ3n) is 5.14. The van der Waals surface area contributed by atoms with Crippen molar-refractivity contribution in [1.29, 1.82) is 0 Å². The summed E-state index contributed by atoms with van der Waals surface area (Å²) >= 11 is 0. The number of carbonyl (C=O) groups is 2. The molecule has 4 rings (SSSR count). The Bertz CT molecular complexity index is 995. The van der Waals surface area contributed by atoms with E-state index in [-0.39, 0.29) is 11.9 Å². The van der Waals surface area contributed by atoms with Gasteiger partial charge < -0.3 is 14.0 Å². The molecule has 6 nitrogen and oxygen atoms in total. The Kier molecular flexibility index (Phi) is 4.62. The lowest BCUT2D eigenvalue weighted by Crippen LogP contribution is -2.29. The van der Waals surface area contributed by atoms with Crippen LogP contribution in [0.2, 0.25) is 0 Å². The fourth-order valence-electron chi connectivity index (χ4n) is 3.73. The number of carbonyl (C=O) groups excluding carboxylic acids is 2. The number of nitrogens with zero attached hydrogens (tertiary/aromatic N) is 3. The van der Waals surface area contributed by atoms with Crippen molar-refractivity contribution in [3.8, 4) is 0 Å². The number of hydrogen-bond donors (Lipinski definition) is 0. The van der Waals surface area contributed by atoms with Crippen molar-refractivity contribution < 1.29 is 14.3 Å². The second-order valence-electron chi connectivity index (χ2n) is 6.87. The lowest BCUT2D eigenvalue weighted by atomic mass is 9.95.